The van der Waals surface area contributed by atoms with Crippen LogP contribution in [0.5, 0.6) is 0 Å². The van der Waals surface area contributed by atoms with Crippen molar-refractivity contribution >= 4 is 39.6 Å². The lowest BCUT2D eigenvalue weighted by atomic mass is 9.95. The number of fused-ring (bicyclic) bond motifs is 2. The van der Waals surface area contributed by atoms with E-state index in [-0.39, 0.29) is 11.6 Å². The molecule has 7 heteroatoms. The number of aliphatic hydroxyl groups is 1. The number of aliphatic imine (C=N–C) groups is 1. The van der Waals surface area contributed by atoms with E-state index in [1.165, 1.54) is 16.2 Å². The van der Waals surface area contributed by atoms with E-state index >= 15 is 0 Å². The van der Waals surface area contributed by atoms with E-state index < -0.39 is 12.6 Å². The highest BCUT2D eigenvalue weighted by Gasteiger charge is 2.34. The van der Waals surface area contributed by atoms with Gasteiger partial charge in [0.15, 0.2) is 0 Å². The molecule has 1 aliphatic carbocycles. The molecule has 128 valence electrons. The summed E-state index contributed by atoms with van der Waals surface area (Å²) in [5.74, 6) is -0.873. The van der Waals surface area contributed by atoms with Gasteiger partial charge in [0.1, 0.15) is 17.4 Å². The molecule has 0 spiro atoms. The van der Waals surface area contributed by atoms with Gasteiger partial charge < -0.3 is 10.8 Å². The zero-order valence-corrected chi connectivity index (χ0v) is 14.3. The zero-order valence-electron chi connectivity index (χ0n) is 13.5. The summed E-state index contributed by atoms with van der Waals surface area (Å²) in [7, 11) is 0. The molecule has 0 unspecified atom stereocenters. The zero-order chi connectivity index (χ0) is 17.6. The first kappa shape index (κ1) is 16.0. The first-order chi connectivity index (χ1) is 12.1. The van der Waals surface area contributed by atoms with Crippen molar-refractivity contribution in [2.24, 2.45) is 10.7 Å². The largest absolute Gasteiger partial charge is 0.376 e. The highest BCUT2D eigenvalue weighted by atomic mass is 32.1. The van der Waals surface area contributed by atoms with Crippen LogP contribution in [-0.2, 0) is 17.6 Å². The minimum atomic E-state index is -0.503. The molecule has 1 aliphatic heterocycles. The van der Waals surface area contributed by atoms with Crippen LogP contribution >= 0.6 is 11.3 Å². The molecule has 6 nitrogen and oxygen atoms in total. The van der Waals surface area contributed by atoms with Crippen LogP contribution in [0.2, 0.25) is 0 Å². The summed E-state index contributed by atoms with van der Waals surface area (Å²) in [5.41, 5.74) is 8.55. The predicted molar refractivity (Wildman–Crippen MR) is 96.7 cm³/mol. The molecular weight excluding hydrogens is 338 g/mol. The molecule has 0 radical (unpaired) electrons. The topological polar surface area (TPSA) is 96.0 Å². The third-order valence-corrected chi connectivity index (χ3v) is 5.84. The Bertz CT molecular complexity index is 916. The first-order valence-electron chi connectivity index (χ1n) is 8.17. The molecule has 0 fully saturated rings. The minimum Gasteiger partial charge on any atom is -0.376 e. The number of hydrogen-bond acceptors (Lipinski definition) is 5. The van der Waals surface area contributed by atoms with Crippen LogP contribution in [0.4, 0.5) is 10.7 Å². The van der Waals surface area contributed by atoms with Crippen molar-refractivity contribution in [1.82, 2.24) is 0 Å². The summed E-state index contributed by atoms with van der Waals surface area (Å²) >= 11 is 1.44. The van der Waals surface area contributed by atoms with E-state index in [1.54, 1.807) is 18.2 Å². The lowest BCUT2D eigenvalue weighted by molar-refractivity contribution is -0.112. The smallest absolute Gasteiger partial charge is 0.279 e. The predicted octanol–water partition coefficient (Wildman–Crippen LogP) is 2.14. The van der Waals surface area contributed by atoms with Gasteiger partial charge in [-0.2, -0.15) is 0 Å². The molecule has 1 aromatic heterocycles. The quantitative estimate of drug-likeness (QED) is 0.883. The van der Waals surface area contributed by atoms with Crippen molar-refractivity contribution in [2.75, 3.05) is 11.6 Å². The molecule has 2 amide bonds. The van der Waals surface area contributed by atoms with Crippen molar-refractivity contribution in [2.45, 2.75) is 25.7 Å². The van der Waals surface area contributed by atoms with Gasteiger partial charge in [-0.15, -0.1) is 11.3 Å². The van der Waals surface area contributed by atoms with E-state index in [0.717, 1.165) is 36.1 Å². The van der Waals surface area contributed by atoms with E-state index in [9.17, 15) is 14.7 Å². The molecule has 0 saturated carbocycles. The number of primary amides is 1. The van der Waals surface area contributed by atoms with Gasteiger partial charge in [0.05, 0.1) is 11.3 Å². The number of aryl methyl sites for hydroxylation is 1. The number of anilines is 1. The Balaban J connectivity index is 1.88. The van der Waals surface area contributed by atoms with Gasteiger partial charge in [0.2, 0.25) is 0 Å². The lowest BCUT2D eigenvalue weighted by Gasteiger charge is -2.11. The average molecular weight is 355 g/mol. The highest BCUT2D eigenvalue weighted by Crippen LogP contribution is 2.41. The number of carbonyl (C=O) groups excluding carboxylic acids is 2. The van der Waals surface area contributed by atoms with Crippen molar-refractivity contribution in [3.05, 3.63) is 45.8 Å². The first-order valence-corrected chi connectivity index (χ1v) is 8.98. The molecule has 0 bridgehead atoms. The van der Waals surface area contributed by atoms with Crippen LogP contribution in [0.15, 0.2) is 29.3 Å². The second-order valence-corrected chi connectivity index (χ2v) is 7.19. The van der Waals surface area contributed by atoms with Crippen LogP contribution in [0.25, 0.3) is 0 Å². The Kier molecular flexibility index (Phi) is 3.89. The number of carbonyl (C=O) groups is 2. The molecule has 1 aromatic carbocycles. The Morgan fingerprint density at radius 2 is 2.04 bits per heavy atom. The summed E-state index contributed by atoms with van der Waals surface area (Å²) < 4.78 is 0. The van der Waals surface area contributed by atoms with E-state index in [4.69, 9.17) is 5.73 Å². The Labute approximate surface area is 148 Å². The lowest BCUT2D eigenvalue weighted by Crippen LogP contribution is -2.30. The maximum absolute atomic E-state index is 12.6. The average Bonchev–Trinajstić information content (AvgIpc) is 3.10. The van der Waals surface area contributed by atoms with Gasteiger partial charge in [-0.3, -0.25) is 14.5 Å². The summed E-state index contributed by atoms with van der Waals surface area (Å²) in [6, 6.07) is 7.17. The fourth-order valence-corrected chi connectivity index (χ4v) is 4.77. The molecule has 2 heterocycles. The fourth-order valence-electron chi connectivity index (χ4n) is 3.50. The maximum atomic E-state index is 12.6. The number of aliphatic hydroxyl groups excluding tert-OH is 1. The Morgan fingerprint density at radius 3 is 2.80 bits per heavy atom. The van der Waals surface area contributed by atoms with Gasteiger partial charge in [-0.05, 0) is 37.3 Å². The molecular formula is C18H17N3O3S. The van der Waals surface area contributed by atoms with Gasteiger partial charge in [0.25, 0.3) is 11.8 Å². The third-order valence-electron chi connectivity index (χ3n) is 4.65. The van der Waals surface area contributed by atoms with Gasteiger partial charge in [-0.1, -0.05) is 18.2 Å². The number of hydrogen-bond donors (Lipinski definition) is 2. The number of nitrogens with two attached hydrogens (primary N) is 1. The van der Waals surface area contributed by atoms with Crippen LogP contribution in [0.3, 0.4) is 0 Å². The molecule has 0 saturated heterocycles. The van der Waals surface area contributed by atoms with Crippen molar-refractivity contribution < 1.29 is 14.7 Å². The van der Waals surface area contributed by atoms with Crippen molar-refractivity contribution in [3.63, 3.8) is 0 Å². The van der Waals surface area contributed by atoms with E-state index in [0.29, 0.717) is 21.8 Å². The monoisotopic (exact) mass is 355 g/mol. The molecule has 2 aromatic rings. The second-order valence-electron chi connectivity index (χ2n) is 6.11. The summed E-state index contributed by atoms with van der Waals surface area (Å²) in [6.45, 7) is -0.418. The number of para-hydroxylation sites is 1. The molecule has 4 rings (SSSR count). The fraction of sp³-hybridized carbons (Fsp3) is 0.278. The number of nitrogens with zero attached hydrogens (tertiary/aromatic N) is 2. The summed E-state index contributed by atoms with van der Waals surface area (Å²) in [4.78, 5) is 31.6. The molecule has 3 N–H and O–H groups in total. The van der Waals surface area contributed by atoms with Crippen LogP contribution in [0, 0.1) is 0 Å². The van der Waals surface area contributed by atoms with E-state index in [1.807, 2.05) is 6.07 Å². The maximum Gasteiger partial charge on any atom is 0.279 e. The molecule has 0 atom stereocenters. The number of benzene rings is 1. The van der Waals surface area contributed by atoms with E-state index in [2.05, 4.69) is 4.99 Å². The molecule has 2 aliphatic rings. The van der Waals surface area contributed by atoms with Gasteiger partial charge >= 0.3 is 0 Å². The number of thiophene rings is 1. The summed E-state index contributed by atoms with van der Waals surface area (Å²) in [5, 5.41) is 10.0. The van der Waals surface area contributed by atoms with Crippen LogP contribution in [0.1, 0.15) is 39.2 Å². The minimum absolute atomic E-state index is 0.241. The van der Waals surface area contributed by atoms with Crippen molar-refractivity contribution in [3.8, 4) is 0 Å². The molecule has 25 heavy (non-hydrogen) atoms. The second kappa shape index (κ2) is 6.09. The number of amides is 2. The highest BCUT2D eigenvalue weighted by molar-refractivity contribution is 7.16. The summed E-state index contributed by atoms with van der Waals surface area (Å²) in [6.07, 6.45) is 3.85. The number of rotatable bonds is 3. The van der Waals surface area contributed by atoms with Gasteiger partial charge in [0, 0.05) is 10.4 Å². The van der Waals surface area contributed by atoms with Crippen LogP contribution < -0.4 is 10.6 Å². The van der Waals surface area contributed by atoms with Crippen LogP contribution in [-0.4, -0.2) is 29.4 Å². The third kappa shape index (κ3) is 2.47. The SMILES string of the molecule is NC(=O)c1c(/N=C2\C(=O)N(CO)c3ccccc32)sc2c1CCCC2. The normalized spacial score (nSPS) is 17.7. The van der Waals surface area contributed by atoms with Crippen molar-refractivity contribution in [1.29, 1.82) is 0 Å². The van der Waals surface area contributed by atoms with Gasteiger partial charge in [-0.25, -0.2) is 4.99 Å². The standard InChI is InChI=1S/C18H17N3O3S/c19-16(23)14-11-6-2-4-8-13(11)25-17(14)20-15-10-5-1-3-7-12(10)21(9-22)18(15)24/h1,3,5,7,22H,2,4,6,8-9H2,(H2,19,23)/b20-15-. The Morgan fingerprint density at radius 1 is 1.28 bits per heavy atom. The Hall–Kier alpha value is -2.51.